The van der Waals surface area contributed by atoms with Crippen LogP contribution in [0.4, 0.5) is 0 Å². The van der Waals surface area contributed by atoms with Gasteiger partial charge in [-0.2, -0.15) is 8.42 Å². The van der Waals surface area contributed by atoms with Crippen LogP contribution in [0.15, 0.2) is 4.99 Å². The van der Waals surface area contributed by atoms with E-state index in [1.165, 1.54) is 0 Å². The topological polar surface area (TPSA) is 190 Å². The van der Waals surface area contributed by atoms with Gasteiger partial charge in [-0.05, 0) is 7.05 Å². The molecule has 0 aromatic carbocycles. The zero-order chi connectivity index (χ0) is 16.2. The summed E-state index contributed by atoms with van der Waals surface area (Å²) in [6.07, 6.45) is 0. The van der Waals surface area contributed by atoms with Gasteiger partial charge < -0.3 is 27.0 Å². The molecular formula is C8H23N7O4S. The van der Waals surface area contributed by atoms with Gasteiger partial charge in [0.05, 0.1) is 0 Å². The van der Waals surface area contributed by atoms with E-state index in [9.17, 15) is 0 Å². The quantitative estimate of drug-likeness (QED) is 0.155. The smallest absolute Gasteiger partial charge is 0.370 e. The van der Waals surface area contributed by atoms with E-state index in [4.69, 9.17) is 34.4 Å². The molecule has 0 rings (SSSR count). The number of nitrogens with zero attached hydrogens (tertiary/aromatic N) is 2. The second-order valence-corrected chi connectivity index (χ2v) is 4.52. The van der Waals surface area contributed by atoms with Crippen molar-refractivity contribution in [2.45, 2.75) is 0 Å². The van der Waals surface area contributed by atoms with Gasteiger partial charge in [0.2, 0.25) is 0 Å². The molecule has 0 saturated heterocycles. The van der Waals surface area contributed by atoms with Crippen molar-refractivity contribution in [1.29, 1.82) is 5.41 Å². The lowest BCUT2D eigenvalue weighted by atomic mass is 10.5. The van der Waals surface area contributed by atoms with Gasteiger partial charge in [0.25, 0.3) is 0 Å². The van der Waals surface area contributed by atoms with Crippen LogP contribution in [0, 0.1) is 5.41 Å². The Morgan fingerprint density at radius 3 is 2.00 bits per heavy atom. The molecule has 0 radical (unpaired) electrons. The number of nitrogens with one attached hydrogen (secondary N) is 3. The highest BCUT2D eigenvalue weighted by Crippen LogP contribution is 1.78. The number of hydrogen-bond donors (Lipinski definition) is 7. The van der Waals surface area contributed by atoms with E-state index in [0.29, 0.717) is 12.5 Å². The maximum atomic E-state index is 8.74. The summed E-state index contributed by atoms with van der Waals surface area (Å²) >= 11 is 0. The molecule has 0 fully saturated rings. The van der Waals surface area contributed by atoms with Crippen molar-refractivity contribution in [1.82, 2.24) is 15.5 Å². The first-order chi connectivity index (χ1) is 9.06. The van der Waals surface area contributed by atoms with Gasteiger partial charge in [-0.1, -0.05) is 0 Å². The van der Waals surface area contributed by atoms with Gasteiger partial charge in [0, 0.05) is 33.2 Å². The zero-order valence-corrected chi connectivity index (χ0v) is 12.3. The maximum Gasteiger partial charge on any atom is 0.394 e. The van der Waals surface area contributed by atoms with Crippen molar-refractivity contribution in [3.63, 3.8) is 0 Å². The average molecular weight is 313 g/mol. The van der Waals surface area contributed by atoms with Crippen molar-refractivity contribution in [2.24, 2.45) is 16.5 Å². The monoisotopic (exact) mass is 313 g/mol. The fourth-order valence-electron chi connectivity index (χ4n) is 0.947. The van der Waals surface area contributed by atoms with E-state index in [2.05, 4.69) is 20.5 Å². The summed E-state index contributed by atoms with van der Waals surface area (Å²) in [7, 11) is -1.04. The molecule has 0 unspecified atom stereocenters. The van der Waals surface area contributed by atoms with Crippen LogP contribution in [0.3, 0.4) is 0 Å². The van der Waals surface area contributed by atoms with E-state index >= 15 is 0 Å². The summed E-state index contributed by atoms with van der Waals surface area (Å²) in [5.74, 6) is 0.453. The molecule has 11 nitrogen and oxygen atoms in total. The second kappa shape index (κ2) is 11.2. The number of likely N-dealkylation sites (N-methyl/N-ethyl adjacent to an activating group) is 1. The summed E-state index contributed by atoms with van der Waals surface area (Å²) in [6, 6.07) is 0. The fraction of sp³-hybridized carbons (Fsp3) is 0.750. The van der Waals surface area contributed by atoms with Crippen molar-refractivity contribution < 1.29 is 17.5 Å². The molecule has 0 heterocycles. The molecule has 0 aromatic heterocycles. The van der Waals surface area contributed by atoms with Crippen LogP contribution in [0.25, 0.3) is 0 Å². The SMILES string of the molecule is CN=C(N)NCCN(C)CCNC(=N)N.O=S(=O)(O)O. The Hall–Kier alpha value is -1.63. The van der Waals surface area contributed by atoms with Gasteiger partial charge in [-0.15, -0.1) is 0 Å². The number of guanidine groups is 2. The van der Waals surface area contributed by atoms with E-state index in [1.54, 1.807) is 7.05 Å². The molecule has 0 saturated carbocycles. The predicted molar refractivity (Wildman–Crippen MR) is 77.1 cm³/mol. The van der Waals surface area contributed by atoms with E-state index in [0.717, 1.165) is 19.6 Å². The van der Waals surface area contributed by atoms with Crippen molar-refractivity contribution in [2.75, 3.05) is 40.3 Å². The first kappa shape index (κ1) is 20.7. The number of rotatable bonds is 6. The molecule has 9 N–H and O–H groups in total. The Balaban J connectivity index is 0. The Kier molecular flexibility index (Phi) is 11.6. The zero-order valence-electron chi connectivity index (χ0n) is 11.5. The highest BCUT2D eigenvalue weighted by molar-refractivity contribution is 7.79. The molecule has 12 heteroatoms. The molecule has 0 aromatic rings. The highest BCUT2D eigenvalue weighted by atomic mass is 32.3. The standard InChI is InChI=1S/C8H21N7.H2O4S/c1-12-8(11)14-4-6-15(2)5-3-13-7(9)10;1-5(2,3)4/h3-6H2,1-2H3,(H4,9,10,13)(H3,11,12,14);(H2,1,2,3,4). The largest absolute Gasteiger partial charge is 0.394 e. The van der Waals surface area contributed by atoms with Crippen LogP contribution in [-0.2, 0) is 10.4 Å². The number of aliphatic imine (C=N–C) groups is 1. The lowest BCUT2D eigenvalue weighted by Crippen LogP contribution is -2.40. The highest BCUT2D eigenvalue weighted by Gasteiger charge is 1.97. The normalized spacial score (nSPS) is 11.6. The summed E-state index contributed by atoms with van der Waals surface area (Å²) in [5.41, 5.74) is 10.6. The van der Waals surface area contributed by atoms with Crippen LogP contribution in [0.5, 0.6) is 0 Å². The minimum atomic E-state index is -4.67. The molecule has 0 aliphatic carbocycles. The van der Waals surface area contributed by atoms with Gasteiger partial charge in [-0.25, -0.2) is 0 Å². The Morgan fingerprint density at radius 1 is 1.25 bits per heavy atom. The predicted octanol–water partition coefficient (Wildman–Crippen LogP) is -2.72. The third kappa shape index (κ3) is 25.3. The molecule has 0 bridgehead atoms. The average Bonchev–Trinajstić information content (AvgIpc) is 2.26. The Labute approximate surface area is 118 Å². The Bertz CT molecular complexity index is 390. The first-order valence-electron chi connectivity index (χ1n) is 5.48. The van der Waals surface area contributed by atoms with Gasteiger partial charge in [-0.3, -0.25) is 19.5 Å². The van der Waals surface area contributed by atoms with Gasteiger partial charge >= 0.3 is 10.4 Å². The summed E-state index contributed by atoms with van der Waals surface area (Å²) in [4.78, 5) is 5.88. The first-order valence-corrected chi connectivity index (χ1v) is 6.88. The van der Waals surface area contributed by atoms with Crippen molar-refractivity contribution in [3.8, 4) is 0 Å². The van der Waals surface area contributed by atoms with Crippen LogP contribution in [-0.4, -0.2) is 74.6 Å². The second-order valence-electron chi connectivity index (χ2n) is 3.63. The molecule has 0 spiro atoms. The van der Waals surface area contributed by atoms with Crippen LogP contribution < -0.4 is 22.1 Å². The van der Waals surface area contributed by atoms with E-state index in [1.807, 2.05) is 7.05 Å². The van der Waals surface area contributed by atoms with Gasteiger partial charge in [0.1, 0.15) is 0 Å². The van der Waals surface area contributed by atoms with Crippen molar-refractivity contribution >= 4 is 22.3 Å². The van der Waals surface area contributed by atoms with Crippen LogP contribution in [0.1, 0.15) is 0 Å². The Morgan fingerprint density at radius 2 is 1.65 bits per heavy atom. The van der Waals surface area contributed by atoms with Crippen molar-refractivity contribution in [3.05, 3.63) is 0 Å². The lowest BCUT2D eigenvalue weighted by Gasteiger charge is -2.17. The summed E-state index contributed by atoms with van der Waals surface area (Å²) in [5, 5.41) is 12.7. The third-order valence-corrected chi connectivity index (χ3v) is 1.85. The minimum Gasteiger partial charge on any atom is -0.370 e. The molecule has 20 heavy (non-hydrogen) atoms. The molecular weight excluding hydrogens is 290 g/mol. The van der Waals surface area contributed by atoms with E-state index in [-0.39, 0.29) is 5.96 Å². The fourth-order valence-corrected chi connectivity index (χ4v) is 0.947. The lowest BCUT2D eigenvalue weighted by molar-refractivity contribution is 0.343. The molecule has 0 atom stereocenters. The third-order valence-electron chi connectivity index (χ3n) is 1.85. The molecule has 0 amide bonds. The number of hydrogen-bond acceptors (Lipinski definition) is 5. The minimum absolute atomic E-state index is 0.00360. The van der Waals surface area contributed by atoms with Crippen LogP contribution >= 0.6 is 0 Å². The summed E-state index contributed by atoms with van der Waals surface area (Å²) in [6.45, 7) is 3.10. The maximum absolute atomic E-state index is 8.74. The van der Waals surface area contributed by atoms with Crippen LogP contribution in [0.2, 0.25) is 0 Å². The van der Waals surface area contributed by atoms with E-state index < -0.39 is 10.4 Å². The molecule has 0 aliphatic heterocycles. The summed E-state index contributed by atoms with van der Waals surface area (Å²) < 4.78 is 31.6. The molecule has 0 aliphatic rings. The number of nitrogens with two attached hydrogens (primary N) is 2. The van der Waals surface area contributed by atoms with Gasteiger partial charge in [0.15, 0.2) is 11.9 Å². The molecule has 120 valence electrons.